The Morgan fingerprint density at radius 3 is 2.71 bits per heavy atom. The standard InChI is InChI=1S/C16H25ClN2O2/c1-4-5-6-9-19-16(20)12(3)21-15-8-7-13(17)10-14(15)11(2)18/h7-8,10-12H,4-6,9,18H2,1-3H3,(H,19,20). The molecule has 1 rings (SSSR count). The molecule has 0 aromatic heterocycles. The molecule has 2 atom stereocenters. The lowest BCUT2D eigenvalue weighted by Gasteiger charge is -2.19. The first kappa shape index (κ1) is 17.8. The molecule has 118 valence electrons. The molecule has 0 fully saturated rings. The van der Waals surface area contributed by atoms with Crippen LogP contribution in [0.25, 0.3) is 0 Å². The van der Waals surface area contributed by atoms with Crippen LogP contribution in [-0.4, -0.2) is 18.6 Å². The highest BCUT2D eigenvalue weighted by Gasteiger charge is 2.17. The van der Waals surface area contributed by atoms with Gasteiger partial charge in [0.15, 0.2) is 6.10 Å². The second-order valence-electron chi connectivity index (χ2n) is 5.23. The molecule has 0 aliphatic heterocycles. The minimum atomic E-state index is -0.565. The molecule has 0 aliphatic rings. The van der Waals surface area contributed by atoms with Crippen molar-refractivity contribution in [2.24, 2.45) is 5.73 Å². The van der Waals surface area contributed by atoms with Gasteiger partial charge in [0.05, 0.1) is 0 Å². The first-order valence-corrected chi connectivity index (χ1v) is 7.82. The molecular weight excluding hydrogens is 288 g/mol. The van der Waals surface area contributed by atoms with Crippen molar-refractivity contribution in [2.75, 3.05) is 6.54 Å². The fourth-order valence-corrected chi connectivity index (χ4v) is 2.14. The van der Waals surface area contributed by atoms with Gasteiger partial charge in [0, 0.05) is 23.2 Å². The van der Waals surface area contributed by atoms with Gasteiger partial charge in [0.1, 0.15) is 5.75 Å². The van der Waals surface area contributed by atoms with E-state index in [1.165, 1.54) is 0 Å². The third-order valence-corrected chi connectivity index (χ3v) is 3.45. The molecule has 0 radical (unpaired) electrons. The molecule has 0 spiro atoms. The van der Waals surface area contributed by atoms with Crippen LogP contribution in [0.15, 0.2) is 18.2 Å². The van der Waals surface area contributed by atoms with E-state index in [4.69, 9.17) is 22.1 Å². The van der Waals surface area contributed by atoms with Gasteiger partial charge in [-0.25, -0.2) is 0 Å². The highest BCUT2D eigenvalue weighted by molar-refractivity contribution is 6.30. The van der Waals surface area contributed by atoms with Gasteiger partial charge in [-0.05, 0) is 38.5 Å². The quantitative estimate of drug-likeness (QED) is 0.723. The van der Waals surface area contributed by atoms with Crippen molar-refractivity contribution in [3.05, 3.63) is 28.8 Å². The number of hydrogen-bond donors (Lipinski definition) is 2. The topological polar surface area (TPSA) is 64.3 Å². The zero-order valence-electron chi connectivity index (χ0n) is 13.0. The molecule has 0 heterocycles. The number of rotatable bonds is 8. The minimum absolute atomic E-state index is 0.114. The van der Waals surface area contributed by atoms with Crippen LogP contribution in [0.2, 0.25) is 5.02 Å². The molecular formula is C16H25ClN2O2. The number of nitrogens with two attached hydrogens (primary N) is 1. The molecule has 1 aromatic rings. The van der Waals surface area contributed by atoms with E-state index in [9.17, 15) is 4.79 Å². The average molecular weight is 313 g/mol. The molecule has 0 saturated carbocycles. The van der Waals surface area contributed by atoms with Crippen molar-refractivity contribution in [3.8, 4) is 5.75 Å². The summed E-state index contributed by atoms with van der Waals surface area (Å²) in [6.45, 7) is 6.40. The van der Waals surface area contributed by atoms with E-state index in [1.54, 1.807) is 25.1 Å². The van der Waals surface area contributed by atoms with Gasteiger partial charge >= 0.3 is 0 Å². The summed E-state index contributed by atoms with van der Waals surface area (Å²) in [5, 5.41) is 3.48. The van der Waals surface area contributed by atoms with Crippen molar-refractivity contribution >= 4 is 17.5 Å². The average Bonchev–Trinajstić information content (AvgIpc) is 2.44. The van der Waals surface area contributed by atoms with Crippen LogP contribution in [-0.2, 0) is 4.79 Å². The number of carbonyl (C=O) groups is 1. The second kappa shape index (κ2) is 8.90. The first-order chi connectivity index (χ1) is 9.95. The maximum absolute atomic E-state index is 12.0. The molecule has 3 N–H and O–H groups in total. The van der Waals surface area contributed by atoms with Crippen LogP contribution in [0.5, 0.6) is 5.75 Å². The predicted molar refractivity (Wildman–Crippen MR) is 86.7 cm³/mol. The van der Waals surface area contributed by atoms with E-state index >= 15 is 0 Å². The molecule has 5 heteroatoms. The Labute approximate surface area is 132 Å². The number of benzene rings is 1. The summed E-state index contributed by atoms with van der Waals surface area (Å²) in [5.41, 5.74) is 6.71. The third-order valence-electron chi connectivity index (χ3n) is 3.21. The summed E-state index contributed by atoms with van der Waals surface area (Å²) in [7, 11) is 0. The fraction of sp³-hybridized carbons (Fsp3) is 0.562. The van der Waals surface area contributed by atoms with E-state index in [0.29, 0.717) is 17.3 Å². The van der Waals surface area contributed by atoms with Gasteiger partial charge in [-0.1, -0.05) is 31.4 Å². The highest BCUT2D eigenvalue weighted by Crippen LogP contribution is 2.28. The summed E-state index contributed by atoms with van der Waals surface area (Å²) < 4.78 is 5.73. The van der Waals surface area contributed by atoms with Gasteiger partial charge in [0.25, 0.3) is 5.91 Å². The van der Waals surface area contributed by atoms with E-state index in [1.807, 2.05) is 6.92 Å². The second-order valence-corrected chi connectivity index (χ2v) is 5.67. The fourth-order valence-electron chi connectivity index (χ4n) is 1.96. The number of halogens is 1. The molecule has 1 aromatic carbocycles. The van der Waals surface area contributed by atoms with Crippen LogP contribution < -0.4 is 15.8 Å². The minimum Gasteiger partial charge on any atom is -0.481 e. The Bertz CT molecular complexity index is 464. The Morgan fingerprint density at radius 2 is 2.10 bits per heavy atom. The lowest BCUT2D eigenvalue weighted by atomic mass is 10.1. The Kier molecular flexibility index (Phi) is 7.54. The molecule has 2 unspecified atom stereocenters. The van der Waals surface area contributed by atoms with Gasteiger partial charge in [-0.2, -0.15) is 0 Å². The van der Waals surface area contributed by atoms with Crippen LogP contribution in [0.3, 0.4) is 0 Å². The summed E-state index contributed by atoms with van der Waals surface area (Å²) in [6, 6.07) is 5.04. The van der Waals surface area contributed by atoms with Crippen LogP contribution in [0.4, 0.5) is 0 Å². The van der Waals surface area contributed by atoms with E-state index in [-0.39, 0.29) is 11.9 Å². The van der Waals surface area contributed by atoms with Crippen molar-refractivity contribution in [3.63, 3.8) is 0 Å². The van der Waals surface area contributed by atoms with Crippen LogP contribution >= 0.6 is 11.6 Å². The number of hydrogen-bond acceptors (Lipinski definition) is 3. The van der Waals surface area contributed by atoms with Crippen molar-refractivity contribution in [1.29, 1.82) is 0 Å². The molecule has 1 amide bonds. The van der Waals surface area contributed by atoms with Gasteiger partial charge in [-0.3, -0.25) is 4.79 Å². The van der Waals surface area contributed by atoms with Gasteiger partial charge < -0.3 is 15.8 Å². The van der Waals surface area contributed by atoms with Crippen molar-refractivity contribution in [1.82, 2.24) is 5.32 Å². The number of amides is 1. The molecule has 0 aliphatic carbocycles. The monoisotopic (exact) mass is 312 g/mol. The summed E-state index contributed by atoms with van der Waals surface area (Å²) in [6.07, 6.45) is 2.66. The SMILES string of the molecule is CCCCCNC(=O)C(C)Oc1ccc(Cl)cc1C(C)N. The molecule has 4 nitrogen and oxygen atoms in total. The van der Waals surface area contributed by atoms with Gasteiger partial charge in [0.2, 0.25) is 0 Å². The molecule has 0 bridgehead atoms. The highest BCUT2D eigenvalue weighted by atomic mass is 35.5. The number of unbranched alkanes of at least 4 members (excludes halogenated alkanes) is 2. The van der Waals surface area contributed by atoms with E-state index in [2.05, 4.69) is 12.2 Å². The zero-order valence-corrected chi connectivity index (χ0v) is 13.7. The number of carbonyl (C=O) groups excluding carboxylic acids is 1. The smallest absolute Gasteiger partial charge is 0.260 e. The Morgan fingerprint density at radius 1 is 1.38 bits per heavy atom. The van der Waals surface area contributed by atoms with Crippen molar-refractivity contribution in [2.45, 2.75) is 52.2 Å². The number of ether oxygens (including phenoxy) is 1. The lowest BCUT2D eigenvalue weighted by molar-refractivity contribution is -0.127. The summed E-state index contributed by atoms with van der Waals surface area (Å²) >= 11 is 5.97. The summed E-state index contributed by atoms with van der Waals surface area (Å²) in [5.74, 6) is 0.488. The third kappa shape index (κ3) is 5.94. The normalized spacial score (nSPS) is 13.6. The Hall–Kier alpha value is -1.26. The maximum atomic E-state index is 12.0. The summed E-state index contributed by atoms with van der Waals surface area (Å²) in [4.78, 5) is 12.0. The van der Waals surface area contributed by atoms with Gasteiger partial charge in [-0.15, -0.1) is 0 Å². The molecule has 21 heavy (non-hydrogen) atoms. The van der Waals surface area contributed by atoms with Crippen molar-refractivity contribution < 1.29 is 9.53 Å². The lowest BCUT2D eigenvalue weighted by Crippen LogP contribution is -2.37. The van der Waals surface area contributed by atoms with E-state index in [0.717, 1.165) is 24.8 Å². The number of nitrogens with one attached hydrogen (secondary N) is 1. The first-order valence-electron chi connectivity index (χ1n) is 7.45. The van der Waals surface area contributed by atoms with Crippen LogP contribution in [0.1, 0.15) is 51.6 Å². The predicted octanol–water partition coefficient (Wildman–Crippen LogP) is 3.43. The largest absolute Gasteiger partial charge is 0.481 e. The van der Waals surface area contributed by atoms with Crippen LogP contribution in [0, 0.1) is 0 Å². The Balaban J connectivity index is 2.61. The zero-order chi connectivity index (χ0) is 15.8. The van der Waals surface area contributed by atoms with E-state index < -0.39 is 6.10 Å². The molecule has 0 saturated heterocycles. The maximum Gasteiger partial charge on any atom is 0.260 e.